The summed E-state index contributed by atoms with van der Waals surface area (Å²) in [4.78, 5) is 0. The molecule has 3 heteroatoms. The molecule has 1 aliphatic heterocycles. The van der Waals surface area contributed by atoms with Gasteiger partial charge in [-0.25, -0.2) is 0 Å². The maximum Gasteiger partial charge on any atom is 0.0434 e. The number of rotatable bonds is 6. The minimum absolute atomic E-state index is 0.322. The van der Waals surface area contributed by atoms with Gasteiger partial charge in [0.1, 0.15) is 0 Å². The normalized spacial score (nSPS) is 24.9. The van der Waals surface area contributed by atoms with Crippen molar-refractivity contribution in [3.8, 4) is 0 Å². The Hall–Kier alpha value is 0.270. The van der Waals surface area contributed by atoms with Crippen molar-refractivity contribution in [3.63, 3.8) is 0 Å². The van der Waals surface area contributed by atoms with Crippen LogP contribution in [0.5, 0.6) is 0 Å². The number of hydrogen-bond acceptors (Lipinski definition) is 3. The molecular formula is C10H21NOS. The van der Waals surface area contributed by atoms with Gasteiger partial charge in [0.25, 0.3) is 0 Å². The molecule has 0 aliphatic carbocycles. The molecule has 0 bridgehead atoms. The number of hydrogen-bond donors (Lipinski definition) is 2. The Kier molecular flexibility index (Phi) is 5.83. The molecule has 1 aliphatic rings. The van der Waals surface area contributed by atoms with Crippen LogP contribution in [0.2, 0.25) is 0 Å². The van der Waals surface area contributed by atoms with Gasteiger partial charge >= 0.3 is 0 Å². The fraction of sp³-hybridized carbons (Fsp3) is 1.00. The SMILES string of the molecule is CC(CCO)CNCC1CCSC1. The highest BCUT2D eigenvalue weighted by Gasteiger charge is 2.14. The second kappa shape index (κ2) is 6.68. The molecule has 1 rings (SSSR count). The molecule has 0 amide bonds. The standard InChI is InChI=1S/C10H21NOS/c1-9(2-4-12)6-11-7-10-3-5-13-8-10/h9-12H,2-8H2,1H3. The van der Waals surface area contributed by atoms with Gasteiger partial charge in [-0.15, -0.1) is 0 Å². The molecule has 2 unspecified atom stereocenters. The summed E-state index contributed by atoms with van der Waals surface area (Å²) in [5, 5.41) is 12.2. The van der Waals surface area contributed by atoms with Crippen molar-refractivity contribution in [2.45, 2.75) is 19.8 Å². The van der Waals surface area contributed by atoms with Gasteiger partial charge in [-0.05, 0) is 49.3 Å². The van der Waals surface area contributed by atoms with E-state index >= 15 is 0 Å². The van der Waals surface area contributed by atoms with Crippen LogP contribution in [0.4, 0.5) is 0 Å². The Balaban J connectivity index is 1.93. The predicted octanol–water partition coefficient (Wildman–Crippen LogP) is 1.35. The highest BCUT2D eigenvalue weighted by atomic mass is 32.2. The summed E-state index contributed by atoms with van der Waals surface area (Å²) in [5.74, 6) is 4.19. The Morgan fingerprint density at radius 1 is 1.62 bits per heavy atom. The van der Waals surface area contributed by atoms with Crippen LogP contribution in [0.25, 0.3) is 0 Å². The lowest BCUT2D eigenvalue weighted by Gasteiger charge is -2.13. The van der Waals surface area contributed by atoms with Crippen molar-refractivity contribution in [1.29, 1.82) is 0 Å². The second-order valence-electron chi connectivity index (χ2n) is 4.01. The summed E-state index contributed by atoms with van der Waals surface area (Å²) in [5.41, 5.74) is 0. The zero-order valence-electron chi connectivity index (χ0n) is 8.46. The van der Waals surface area contributed by atoms with E-state index in [9.17, 15) is 0 Å². The van der Waals surface area contributed by atoms with Crippen LogP contribution in [-0.4, -0.2) is 36.3 Å². The molecule has 0 aromatic carbocycles. The second-order valence-corrected chi connectivity index (χ2v) is 5.16. The van der Waals surface area contributed by atoms with Crippen molar-refractivity contribution >= 4 is 11.8 Å². The van der Waals surface area contributed by atoms with E-state index in [1.807, 2.05) is 0 Å². The molecule has 2 N–H and O–H groups in total. The first-order chi connectivity index (χ1) is 6.33. The molecule has 0 saturated carbocycles. The van der Waals surface area contributed by atoms with Gasteiger partial charge in [0.05, 0.1) is 0 Å². The van der Waals surface area contributed by atoms with Crippen LogP contribution in [-0.2, 0) is 0 Å². The third kappa shape index (κ3) is 4.89. The van der Waals surface area contributed by atoms with Crippen LogP contribution in [0.1, 0.15) is 19.8 Å². The zero-order valence-corrected chi connectivity index (χ0v) is 9.28. The summed E-state index contributed by atoms with van der Waals surface area (Å²) in [6.07, 6.45) is 2.30. The molecule has 0 aromatic rings. The van der Waals surface area contributed by atoms with Crippen molar-refractivity contribution in [2.24, 2.45) is 11.8 Å². The van der Waals surface area contributed by atoms with Gasteiger partial charge in [-0.1, -0.05) is 6.92 Å². The first-order valence-electron chi connectivity index (χ1n) is 5.22. The molecule has 0 radical (unpaired) electrons. The minimum atomic E-state index is 0.322. The van der Waals surface area contributed by atoms with E-state index in [0.717, 1.165) is 18.9 Å². The Labute approximate surface area is 85.5 Å². The van der Waals surface area contributed by atoms with Gasteiger partial charge in [0.2, 0.25) is 0 Å². The van der Waals surface area contributed by atoms with Gasteiger partial charge < -0.3 is 10.4 Å². The Bertz CT molecular complexity index is 126. The van der Waals surface area contributed by atoms with E-state index in [0.29, 0.717) is 12.5 Å². The van der Waals surface area contributed by atoms with Crippen LogP contribution in [0.15, 0.2) is 0 Å². The maximum absolute atomic E-state index is 8.72. The number of aliphatic hydroxyl groups excluding tert-OH is 1. The highest BCUT2D eigenvalue weighted by Crippen LogP contribution is 2.22. The molecule has 1 fully saturated rings. The van der Waals surface area contributed by atoms with Crippen molar-refractivity contribution < 1.29 is 5.11 Å². The lowest BCUT2D eigenvalue weighted by Crippen LogP contribution is -2.27. The quantitative estimate of drug-likeness (QED) is 0.683. The summed E-state index contributed by atoms with van der Waals surface area (Å²) in [6.45, 7) is 4.74. The minimum Gasteiger partial charge on any atom is -0.396 e. The Morgan fingerprint density at radius 3 is 3.08 bits per heavy atom. The molecule has 2 atom stereocenters. The molecule has 1 heterocycles. The van der Waals surface area contributed by atoms with Crippen LogP contribution >= 0.6 is 11.8 Å². The predicted molar refractivity (Wildman–Crippen MR) is 59.2 cm³/mol. The highest BCUT2D eigenvalue weighted by molar-refractivity contribution is 7.99. The van der Waals surface area contributed by atoms with Gasteiger partial charge in [0.15, 0.2) is 0 Å². The third-order valence-electron chi connectivity index (χ3n) is 2.57. The van der Waals surface area contributed by atoms with Gasteiger partial charge in [0, 0.05) is 6.61 Å². The smallest absolute Gasteiger partial charge is 0.0434 e. The lowest BCUT2D eigenvalue weighted by atomic mass is 10.1. The summed E-state index contributed by atoms with van der Waals surface area (Å²) in [6, 6.07) is 0. The van der Waals surface area contributed by atoms with Crippen LogP contribution in [0.3, 0.4) is 0 Å². The van der Waals surface area contributed by atoms with Crippen LogP contribution < -0.4 is 5.32 Å². The van der Waals surface area contributed by atoms with E-state index in [4.69, 9.17) is 5.11 Å². The molecule has 0 aromatic heterocycles. The zero-order chi connectivity index (χ0) is 9.52. The first-order valence-corrected chi connectivity index (χ1v) is 6.37. The van der Waals surface area contributed by atoms with Crippen LogP contribution in [0, 0.1) is 11.8 Å². The van der Waals surface area contributed by atoms with Gasteiger partial charge in [-0.2, -0.15) is 11.8 Å². The topological polar surface area (TPSA) is 32.3 Å². The first kappa shape index (κ1) is 11.3. The molecular weight excluding hydrogens is 182 g/mol. The fourth-order valence-corrected chi connectivity index (χ4v) is 2.89. The molecule has 78 valence electrons. The Morgan fingerprint density at radius 2 is 2.46 bits per heavy atom. The molecule has 13 heavy (non-hydrogen) atoms. The van der Waals surface area contributed by atoms with Crippen molar-refractivity contribution in [1.82, 2.24) is 5.32 Å². The third-order valence-corrected chi connectivity index (χ3v) is 3.80. The summed E-state index contributed by atoms with van der Waals surface area (Å²) >= 11 is 2.07. The van der Waals surface area contributed by atoms with E-state index < -0.39 is 0 Å². The number of aliphatic hydroxyl groups is 1. The summed E-state index contributed by atoms with van der Waals surface area (Å²) < 4.78 is 0. The molecule has 1 saturated heterocycles. The summed E-state index contributed by atoms with van der Waals surface area (Å²) in [7, 11) is 0. The average Bonchev–Trinajstić information content (AvgIpc) is 2.57. The van der Waals surface area contributed by atoms with Gasteiger partial charge in [-0.3, -0.25) is 0 Å². The lowest BCUT2D eigenvalue weighted by molar-refractivity contribution is 0.259. The molecule has 0 spiro atoms. The average molecular weight is 203 g/mol. The maximum atomic E-state index is 8.72. The van der Waals surface area contributed by atoms with Crippen molar-refractivity contribution in [2.75, 3.05) is 31.2 Å². The fourth-order valence-electron chi connectivity index (χ4n) is 1.60. The molecule has 2 nitrogen and oxygen atoms in total. The number of thioether (sulfide) groups is 1. The van der Waals surface area contributed by atoms with E-state index in [1.165, 1.54) is 24.5 Å². The van der Waals surface area contributed by atoms with E-state index in [-0.39, 0.29) is 0 Å². The largest absolute Gasteiger partial charge is 0.396 e. The van der Waals surface area contributed by atoms with E-state index in [2.05, 4.69) is 24.0 Å². The van der Waals surface area contributed by atoms with Crippen molar-refractivity contribution in [3.05, 3.63) is 0 Å². The monoisotopic (exact) mass is 203 g/mol. The number of nitrogens with one attached hydrogen (secondary N) is 1. The van der Waals surface area contributed by atoms with E-state index in [1.54, 1.807) is 0 Å².